The predicted molar refractivity (Wildman–Crippen MR) is 75.3 cm³/mol. The van der Waals surface area contributed by atoms with E-state index in [2.05, 4.69) is 18.2 Å². The number of allylic oxidation sites excluding steroid dienone is 1. The van der Waals surface area contributed by atoms with Gasteiger partial charge in [0, 0.05) is 7.11 Å². The quantitative estimate of drug-likeness (QED) is 0.823. The van der Waals surface area contributed by atoms with Crippen molar-refractivity contribution in [3.8, 4) is 0 Å². The van der Waals surface area contributed by atoms with Crippen LogP contribution < -0.4 is 5.73 Å². The number of benzene rings is 1. The minimum Gasteiger partial charge on any atom is -0.375 e. The van der Waals surface area contributed by atoms with Gasteiger partial charge in [-0.05, 0) is 31.2 Å². The van der Waals surface area contributed by atoms with E-state index in [4.69, 9.17) is 10.5 Å². The fourth-order valence-electron chi connectivity index (χ4n) is 2.67. The topological polar surface area (TPSA) is 35.2 Å². The molecular formula is C16H23NO. The second-order valence-corrected chi connectivity index (χ2v) is 4.97. The molecule has 0 saturated heterocycles. The van der Waals surface area contributed by atoms with Gasteiger partial charge < -0.3 is 10.5 Å². The molecule has 0 fully saturated rings. The number of hydrogen-bond acceptors (Lipinski definition) is 2. The van der Waals surface area contributed by atoms with Crippen LogP contribution >= 0.6 is 0 Å². The van der Waals surface area contributed by atoms with Crippen LogP contribution in [0.15, 0.2) is 42.0 Å². The zero-order chi connectivity index (χ0) is 12.8. The Morgan fingerprint density at radius 3 is 2.61 bits per heavy atom. The van der Waals surface area contributed by atoms with Crippen LogP contribution in [0.1, 0.15) is 43.8 Å². The van der Waals surface area contributed by atoms with Crippen LogP contribution in [0.2, 0.25) is 0 Å². The lowest BCUT2D eigenvalue weighted by molar-refractivity contribution is 0.0887. The summed E-state index contributed by atoms with van der Waals surface area (Å²) >= 11 is 0. The van der Waals surface area contributed by atoms with Gasteiger partial charge in [0.2, 0.25) is 0 Å². The van der Waals surface area contributed by atoms with E-state index in [9.17, 15) is 0 Å². The van der Waals surface area contributed by atoms with Crippen LogP contribution in [-0.2, 0) is 4.74 Å². The molecule has 2 heteroatoms. The van der Waals surface area contributed by atoms with E-state index in [1.165, 1.54) is 24.8 Å². The lowest BCUT2D eigenvalue weighted by atomic mass is 9.93. The molecule has 1 aliphatic carbocycles. The van der Waals surface area contributed by atoms with E-state index in [-0.39, 0.29) is 12.1 Å². The molecule has 2 nitrogen and oxygen atoms in total. The molecule has 2 rings (SSSR count). The summed E-state index contributed by atoms with van der Waals surface area (Å²) in [5, 5.41) is 0. The molecule has 1 aromatic rings. The maximum atomic E-state index is 6.41. The zero-order valence-electron chi connectivity index (χ0n) is 11.1. The van der Waals surface area contributed by atoms with Crippen LogP contribution in [0.5, 0.6) is 0 Å². The van der Waals surface area contributed by atoms with Gasteiger partial charge in [-0.25, -0.2) is 0 Å². The number of ether oxygens (including phenoxy) is 1. The molecule has 0 heterocycles. The van der Waals surface area contributed by atoms with E-state index in [1.54, 1.807) is 7.11 Å². The first-order valence-corrected chi connectivity index (χ1v) is 6.85. The molecule has 0 aliphatic heterocycles. The Morgan fingerprint density at radius 2 is 1.89 bits per heavy atom. The van der Waals surface area contributed by atoms with Gasteiger partial charge in [-0.2, -0.15) is 0 Å². The fourth-order valence-corrected chi connectivity index (χ4v) is 2.67. The van der Waals surface area contributed by atoms with E-state index < -0.39 is 0 Å². The third kappa shape index (κ3) is 3.21. The highest BCUT2D eigenvalue weighted by Crippen LogP contribution is 2.28. The summed E-state index contributed by atoms with van der Waals surface area (Å²) in [5.74, 6) is 0. The molecule has 98 valence electrons. The van der Waals surface area contributed by atoms with Gasteiger partial charge in [0.05, 0.1) is 6.04 Å². The van der Waals surface area contributed by atoms with Gasteiger partial charge in [0.15, 0.2) is 0 Å². The summed E-state index contributed by atoms with van der Waals surface area (Å²) in [5.41, 5.74) is 8.94. The van der Waals surface area contributed by atoms with Crippen LogP contribution in [0.4, 0.5) is 0 Å². The fraction of sp³-hybridized carbons (Fsp3) is 0.500. The molecular weight excluding hydrogens is 222 g/mol. The van der Waals surface area contributed by atoms with Crippen molar-refractivity contribution in [3.05, 3.63) is 47.5 Å². The van der Waals surface area contributed by atoms with Gasteiger partial charge in [-0.15, -0.1) is 0 Å². The van der Waals surface area contributed by atoms with E-state index in [1.807, 2.05) is 18.2 Å². The molecule has 0 aromatic heterocycles. The molecule has 0 spiro atoms. The highest BCUT2D eigenvalue weighted by Gasteiger charge is 2.22. The Morgan fingerprint density at radius 1 is 1.11 bits per heavy atom. The Bertz CT molecular complexity index is 385. The Balaban J connectivity index is 2.14. The number of methoxy groups -OCH3 is 1. The van der Waals surface area contributed by atoms with Crippen molar-refractivity contribution < 1.29 is 4.74 Å². The van der Waals surface area contributed by atoms with E-state index >= 15 is 0 Å². The summed E-state index contributed by atoms with van der Waals surface area (Å²) in [6.45, 7) is 0. The van der Waals surface area contributed by atoms with Crippen molar-refractivity contribution in [2.24, 2.45) is 5.73 Å². The first-order valence-electron chi connectivity index (χ1n) is 6.85. The largest absolute Gasteiger partial charge is 0.375 e. The number of nitrogens with two attached hydrogens (primary N) is 1. The normalized spacial score (nSPS) is 19.8. The molecule has 18 heavy (non-hydrogen) atoms. The van der Waals surface area contributed by atoms with Gasteiger partial charge in [-0.1, -0.05) is 48.4 Å². The zero-order valence-corrected chi connectivity index (χ0v) is 11.1. The minimum absolute atomic E-state index is 0.0181. The van der Waals surface area contributed by atoms with Gasteiger partial charge >= 0.3 is 0 Å². The van der Waals surface area contributed by atoms with Crippen molar-refractivity contribution in [1.29, 1.82) is 0 Å². The number of hydrogen-bond donors (Lipinski definition) is 1. The van der Waals surface area contributed by atoms with Crippen LogP contribution in [-0.4, -0.2) is 13.2 Å². The van der Waals surface area contributed by atoms with Gasteiger partial charge in [0.25, 0.3) is 0 Å². The highest BCUT2D eigenvalue weighted by molar-refractivity contribution is 5.24. The maximum absolute atomic E-state index is 6.41. The molecule has 0 bridgehead atoms. The lowest BCUT2D eigenvalue weighted by Gasteiger charge is -2.25. The van der Waals surface area contributed by atoms with Crippen molar-refractivity contribution in [3.63, 3.8) is 0 Å². The summed E-state index contributed by atoms with van der Waals surface area (Å²) in [6.07, 6.45) is 8.43. The molecule has 2 atom stereocenters. The summed E-state index contributed by atoms with van der Waals surface area (Å²) in [4.78, 5) is 0. The van der Waals surface area contributed by atoms with Gasteiger partial charge in [-0.3, -0.25) is 0 Å². The Kier molecular flexibility index (Phi) is 4.97. The molecule has 0 saturated carbocycles. The second-order valence-electron chi connectivity index (χ2n) is 4.97. The van der Waals surface area contributed by atoms with Crippen molar-refractivity contribution in [1.82, 2.24) is 0 Å². The van der Waals surface area contributed by atoms with E-state index in [0.717, 1.165) is 18.4 Å². The van der Waals surface area contributed by atoms with Crippen LogP contribution in [0.25, 0.3) is 0 Å². The average Bonchev–Trinajstić information content (AvgIpc) is 2.69. The Hall–Kier alpha value is -1.12. The Labute approximate surface area is 110 Å². The van der Waals surface area contributed by atoms with Crippen molar-refractivity contribution in [2.45, 2.75) is 44.2 Å². The number of rotatable bonds is 4. The van der Waals surface area contributed by atoms with Crippen molar-refractivity contribution >= 4 is 0 Å². The highest BCUT2D eigenvalue weighted by atomic mass is 16.5. The lowest BCUT2D eigenvalue weighted by Crippen LogP contribution is -2.31. The van der Waals surface area contributed by atoms with Crippen molar-refractivity contribution in [2.75, 3.05) is 7.11 Å². The molecule has 0 radical (unpaired) electrons. The first kappa shape index (κ1) is 13.3. The van der Waals surface area contributed by atoms with Crippen LogP contribution in [0, 0.1) is 0 Å². The summed E-state index contributed by atoms with van der Waals surface area (Å²) in [7, 11) is 1.74. The summed E-state index contributed by atoms with van der Waals surface area (Å²) < 4.78 is 5.63. The summed E-state index contributed by atoms with van der Waals surface area (Å²) in [6, 6.07) is 10.3. The van der Waals surface area contributed by atoms with Gasteiger partial charge in [0.1, 0.15) is 6.10 Å². The molecule has 0 amide bonds. The molecule has 1 aliphatic rings. The van der Waals surface area contributed by atoms with E-state index in [0.29, 0.717) is 0 Å². The van der Waals surface area contributed by atoms with Crippen LogP contribution in [0.3, 0.4) is 0 Å². The SMILES string of the molecule is COC(c1ccccc1)C(N)C1=CCCCCC1. The predicted octanol–water partition coefficient (Wildman–Crippen LogP) is 3.59. The smallest absolute Gasteiger partial charge is 0.101 e. The second kappa shape index (κ2) is 6.72. The third-order valence-corrected chi connectivity index (χ3v) is 3.71. The molecule has 1 aromatic carbocycles. The molecule has 2 unspecified atom stereocenters. The first-order chi connectivity index (χ1) is 8.83. The standard InChI is InChI=1S/C16H23NO/c1-18-16(14-11-7-4-8-12-14)15(17)13-9-5-2-3-6-10-13/h4,7-9,11-12,15-16H,2-3,5-6,10,17H2,1H3. The third-order valence-electron chi connectivity index (χ3n) is 3.71. The molecule has 2 N–H and O–H groups in total. The monoisotopic (exact) mass is 245 g/mol. The minimum atomic E-state index is -0.0319. The maximum Gasteiger partial charge on any atom is 0.101 e. The average molecular weight is 245 g/mol.